The quantitative estimate of drug-likeness (QED) is 0.757. The van der Waals surface area contributed by atoms with Crippen molar-refractivity contribution in [1.82, 2.24) is 4.90 Å². The van der Waals surface area contributed by atoms with Crippen molar-refractivity contribution in [2.45, 2.75) is 19.8 Å². The zero-order valence-electron chi connectivity index (χ0n) is 14.3. The van der Waals surface area contributed by atoms with Crippen LogP contribution in [-0.2, 0) is 11.2 Å². The maximum atomic E-state index is 12.1. The lowest BCUT2D eigenvalue weighted by molar-refractivity contribution is -0.117. The Kier molecular flexibility index (Phi) is 6.70. The number of likely N-dealkylation sites (N-methyl/N-ethyl adjacent to an activating group) is 1. The van der Waals surface area contributed by atoms with Crippen LogP contribution in [0.5, 0.6) is 0 Å². The lowest BCUT2D eigenvalue weighted by Crippen LogP contribution is -2.31. The van der Waals surface area contributed by atoms with Crippen LogP contribution in [0, 0.1) is 0 Å². The summed E-state index contributed by atoms with van der Waals surface area (Å²) in [5.41, 5.74) is 2.57. The van der Waals surface area contributed by atoms with Gasteiger partial charge in [0.05, 0.1) is 6.54 Å². The van der Waals surface area contributed by atoms with Gasteiger partial charge in [-0.25, -0.2) is 0 Å². The second kappa shape index (κ2) is 8.99. The molecule has 1 N–H and O–H groups in total. The van der Waals surface area contributed by atoms with Gasteiger partial charge in [0, 0.05) is 11.3 Å². The molecule has 0 spiro atoms. The molecule has 0 saturated carbocycles. The Labute approximate surface area is 143 Å². The van der Waals surface area contributed by atoms with Gasteiger partial charge in [-0.05, 0) is 51.1 Å². The van der Waals surface area contributed by atoms with Gasteiger partial charge in [-0.15, -0.1) is 0 Å². The number of benzene rings is 2. The highest BCUT2D eigenvalue weighted by atomic mass is 16.2. The van der Waals surface area contributed by atoms with Gasteiger partial charge in [0.25, 0.3) is 0 Å². The van der Waals surface area contributed by atoms with Crippen LogP contribution in [0.15, 0.2) is 54.6 Å². The van der Waals surface area contributed by atoms with Crippen molar-refractivity contribution in [3.8, 4) is 0 Å². The van der Waals surface area contributed by atoms with Gasteiger partial charge >= 0.3 is 0 Å². The van der Waals surface area contributed by atoms with Gasteiger partial charge in [0.1, 0.15) is 0 Å². The third-order valence-corrected chi connectivity index (χ3v) is 3.81. The third-order valence-electron chi connectivity index (χ3n) is 3.81. The highest BCUT2D eigenvalue weighted by molar-refractivity contribution is 5.97. The van der Waals surface area contributed by atoms with E-state index in [2.05, 4.69) is 17.4 Å². The van der Waals surface area contributed by atoms with E-state index in [9.17, 15) is 9.59 Å². The minimum absolute atomic E-state index is 0.0101. The number of rotatable bonds is 8. The van der Waals surface area contributed by atoms with E-state index >= 15 is 0 Å². The molecule has 0 bridgehead atoms. The Balaban J connectivity index is 1.75. The SMILES string of the molecule is CC(=O)c1cccc(NC(=O)CN(C)CCCc2ccccc2)c1. The van der Waals surface area contributed by atoms with Crippen molar-refractivity contribution >= 4 is 17.4 Å². The number of nitrogens with one attached hydrogen (secondary N) is 1. The van der Waals surface area contributed by atoms with Gasteiger partial charge in [-0.2, -0.15) is 0 Å². The molecule has 0 aromatic heterocycles. The van der Waals surface area contributed by atoms with E-state index in [1.165, 1.54) is 12.5 Å². The molecular weight excluding hydrogens is 300 g/mol. The molecule has 0 fully saturated rings. The summed E-state index contributed by atoms with van der Waals surface area (Å²) in [4.78, 5) is 25.5. The van der Waals surface area contributed by atoms with E-state index in [0.717, 1.165) is 19.4 Å². The molecule has 0 atom stereocenters. The molecule has 0 aliphatic heterocycles. The second-order valence-electron chi connectivity index (χ2n) is 6.01. The minimum Gasteiger partial charge on any atom is -0.325 e. The summed E-state index contributed by atoms with van der Waals surface area (Å²) in [5.74, 6) is -0.0814. The molecule has 4 nitrogen and oxygen atoms in total. The molecule has 0 saturated heterocycles. The standard InChI is InChI=1S/C20H24N2O2/c1-16(23)18-11-6-12-19(14-18)21-20(24)15-22(2)13-7-10-17-8-4-3-5-9-17/h3-6,8-9,11-12,14H,7,10,13,15H2,1-2H3,(H,21,24). The average Bonchev–Trinajstić information content (AvgIpc) is 2.56. The Hall–Kier alpha value is -2.46. The lowest BCUT2D eigenvalue weighted by atomic mass is 10.1. The van der Waals surface area contributed by atoms with Crippen LogP contribution in [0.25, 0.3) is 0 Å². The summed E-state index contributed by atoms with van der Waals surface area (Å²) in [6.45, 7) is 2.70. The van der Waals surface area contributed by atoms with Crippen molar-refractivity contribution < 1.29 is 9.59 Å². The molecule has 0 heterocycles. The van der Waals surface area contributed by atoms with E-state index in [4.69, 9.17) is 0 Å². The van der Waals surface area contributed by atoms with E-state index in [1.807, 2.05) is 30.1 Å². The van der Waals surface area contributed by atoms with Crippen molar-refractivity contribution in [3.05, 3.63) is 65.7 Å². The molecule has 1 amide bonds. The topological polar surface area (TPSA) is 49.4 Å². The van der Waals surface area contributed by atoms with Crippen molar-refractivity contribution in [3.63, 3.8) is 0 Å². The van der Waals surface area contributed by atoms with Crippen LogP contribution in [0.3, 0.4) is 0 Å². The molecule has 0 radical (unpaired) electrons. The monoisotopic (exact) mass is 324 g/mol. The molecule has 2 aromatic rings. The molecular formula is C20H24N2O2. The molecule has 2 aromatic carbocycles. The van der Waals surface area contributed by atoms with Gasteiger partial charge in [-0.3, -0.25) is 14.5 Å². The smallest absolute Gasteiger partial charge is 0.238 e. The molecule has 0 unspecified atom stereocenters. The van der Waals surface area contributed by atoms with Crippen LogP contribution in [0.1, 0.15) is 29.3 Å². The molecule has 2 rings (SSSR count). The van der Waals surface area contributed by atoms with Crippen molar-refractivity contribution in [1.29, 1.82) is 0 Å². The number of nitrogens with zero attached hydrogens (tertiary/aromatic N) is 1. The van der Waals surface area contributed by atoms with Gasteiger partial charge < -0.3 is 5.32 Å². The third kappa shape index (κ3) is 5.97. The number of ketones is 1. The summed E-state index contributed by atoms with van der Waals surface area (Å²) < 4.78 is 0. The fourth-order valence-electron chi connectivity index (χ4n) is 2.54. The molecule has 24 heavy (non-hydrogen) atoms. The first kappa shape index (κ1) is 17.9. The summed E-state index contributed by atoms with van der Waals surface area (Å²) >= 11 is 0. The number of Topliss-reactive ketones (excluding diaryl/α,β-unsaturated/α-hetero) is 1. The fraction of sp³-hybridized carbons (Fsp3) is 0.300. The van der Waals surface area contributed by atoms with Crippen LogP contribution in [0.2, 0.25) is 0 Å². The predicted molar refractivity (Wildman–Crippen MR) is 97.3 cm³/mol. The Morgan fingerprint density at radius 1 is 1.04 bits per heavy atom. The maximum absolute atomic E-state index is 12.1. The van der Waals surface area contributed by atoms with Crippen LogP contribution < -0.4 is 5.32 Å². The largest absolute Gasteiger partial charge is 0.325 e. The van der Waals surface area contributed by atoms with Crippen molar-refractivity contribution in [2.24, 2.45) is 0 Å². The fourth-order valence-corrected chi connectivity index (χ4v) is 2.54. The Bertz CT molecular complexity index is 683. The lowest BCUT2D eigenvalue weighted by Gasteiger charge is -2.16. The zero-order valence-corrected chi connectivity index (χ0v) is 14.3. The number of carbonyl (C=O) groups excluding carboxylic acids is 2. The number of hydrogen-bond donors (Lipinski definition) is 1. The number of hydrogen-bond acceptors (Lipinski definition) is 3. The summed E-state index contributed by atoms with van der Waals surface area (Å²) in [6.07, 6.45) is 2.01. The Morgan fingerprint density at radius 2 is 1.79 bits per heavy atom. The van der Waals surface area contributed by atoms with E-state index < -0.39 is 0 Å². The molecule has 0 aliphatic rings. The zero-order chi connectivity index (χ0) is 17.4. The van der Waals surface area contributed by atoms with Crippen LogP contribution in [-0.4, -0.2) is 36.7 Å². The van der Waals surface area contributed by atoms with Gasteiger partial charge in [0.15, 0.2) is 5.78 Å². The summed E-state index contributed by atoms with van der Waals surface area (Å²) in [6, 6.07) is 17.4. The number of aryl methyl sites for hydroxylation is 1. The normalized spacial score (nSPS) is 10.6. The van der Waals surface area contributed by atoms with E-state index in [1.54, 1.807) is 24.3 Å². The minimum atomic E-state index is -0.0714. The van der Waals surface area contributed by atoms with Gasteiger partial charge in [0.2, 0.25) is 5.91 Å². The first-order valence-corrected chi connectivity index (χ1v) is 8.18. The number of anilines is 1. The van der Waals surface area contributed by atoms with Crippen LogP contribution >= 0.6 is 0 Å². The summed E-state index contributed by atoms with van der Waals surface area (Å²) in [7, 11) is 1.94. The Morgan fingerprint density at radius 3 is 2.50 bits per heavy atom. The highest BCUT2D eigenvalue weighted by Gasteiger charge is 2.08. The molecule has 0 aliphatic carbocycles. The number of amides is 1. The van der Waals surface area contributed by atoms with E-state index in [-0.39, 0.29) is 11.7 Å². The summed E-state index contributed by atoms with van der Waals surface area (Å²) in [5, 5.41) is 2.84. The van der Waals surface area contributed by atoms with Crippen molar-refractivity contribution in [2.75, 3.05) is 25.5 Å². The van der Waals surface area contributed by atoms with Crippen LogP contribution in [0.4, 0.5) is 5.69 Å². The average molecular weight is 324 g/mol. The second-order valence-corrected chi connectivity index (χ2v) is 6.01. The first-order chi connectivity index (χ1) is 11.5. The maximum Gasteiger partial charge on any atom is 0.238 e. The number of carbonyl (C=O) groups is 2. The molecule has 4 heteroatoms. The van der Waals surface area contributed by atoms with E-state index in [0.29, 0.717) is 17.8 Å². The highest BCUT2D eigenvalue weighted by Crippen LogP contribution is 2.11. The first-order valence-electron chi connectivity index (χ1n) is 8.18. The molecule has 126 valence electrons. The van der Waals surface area contributed by atoms with Gasteiger partial charge in [-0.1, -0.05) is 42.5 Å². The predicted octanol–water partition coefficient (Wildman–Crippen LogP) is 3.39.